The SMILES string of the molecule is O=C(NNCCc1cccc(Cl)c1)[C@@]1(Cc2ccccc2)N=C(c2ccc(OCCCO)cc2)O[C@H]1c1ccc(Cl)cc1Cl. The van der Waals surface area contributed by atoms with Gasteiger partial charge in [0.25, 0.3) is 5.91 Å². The van der Waals surface area contributed by atoms with E-state index in [1.54, 1.807) is 30.3 Å². The Labute approximate surface area is 271 Å². The van der Waals surface area contributed by atoms with Crippen LogP contribution in [-0.2, 0) is 22.4 Å². The highest BCUT2D eigenvalue weighted by Gasteiger charge is 2.54. The molecule has 0 saturated carbocycles. The summed E-state index contributed by atoms with van der Waals surface area (Å²) in [5.74, 6) is 0.575. The monoisotopic (exact) mass is 651 g/mol. The van der Waals surface area contributed by atoms with E-state index in [0.29, 0.717) is 63.8 Å². The van der Waals surface area contributed by atoms with Crippen LogP contribution in [-0.4, -0.2) is 42.2 Å². The summed E-state index contributed by atoms with van der Waals surface area (Å²) in [6.45, 7) is 0.919. The van der Waals surface area contributed by atoms with Crippen molar-refractivity contribution in [2.24, 2.45) is 4.99 Å². The van der Waals surface area contributed by atoms with E-state index in [0.717, 1.165) is 11.1 Å². The molecule has 1 amide bonds. The molecule has 44 heavy (non-hydrogen) atoms. The molecule has 5 rings (SSSR count). The van der Waals surface area contributed by atoms with Crippen molar-refractivity contribution in [3.8, 4) is 5.75 Å². The Morgan fingerprint density at radius 1 is 0.909 bits per heavy atom. The highest BCUT2D eigenvalue weighted by molar-refractivity contribution is 6.35. The number of aliphatic imine (C=N–C) groups is 1. The first kappa shape index (κ1) is 31.8. The number of carbonyl (C=O) groups excluding carboxylic acids is 1. The van der Waals surface area contributed by atoms with Crippen molar-refractivity contribution >= 4 is 46.6 Å². The van der Waals surface area contributed by atoms with Crippen LogP contribution in [0.5, 0.6) is 5.75 Å². The van der Waals surface area contributed by atoms with Crippen LogP contribution >= 0.6 is 34.8 Å². The normalized spacial score (nSPS) is 17.5. The van der Waals surface area contributed by atoms with E-state index in [4.69, 9.17) is 54.4 Å². The standard InChI is InChI=1S/C34H32Cl3N3O4/c35-26-9-4-8-23(20-26)16-17-38-40-33(42)34(22-24-6-2-1-3-7-24)31(29-15-12-27(36)21-30(29)37)44-32(39-34)25-10-13-28(14-11-25)43-19-5-18-41/h1-4,6-15,20-21,31,38,41H,5,16-19,22H2,(H,40,42)/t31-,34-/m0/s1. The Kier molecular flexibility index (Phi) is 10.8. The molecule has 0 aliphatic carbocycles. The molecule has 0 unspecified atom stereocenters. The van der Waals surface area contributed by atoms with Crippen molar-refractivity contribution in [3.63, 3.8) is 0 Å². The molecule has 4 aromatic carbocycles. The van der Waals surface area contributed by atoms with Crippen LogP contribution in [0.3, 0.4) is 0 Å². The van der Waals surface area contributed by atoms with Gasteiger partial charge in [-0.1, -0.05) is 83.3 Å². The molecule has 7 nitrogen and oxygen atoms in total. The Hall–Kier alpha value is -3.59. The highest BCUT2D eigenvalue weighted by atomic mass is 35.5. The van der Waals surface area contributed by atoms with Gasteiger partial charge in [-0.3, -0.25) is 10.2 Å². The Morgan fingerprint density at radius 2 is 1.66 bits per heavy atom. The van der Waals surface area contributed by atoms with Gasteiger partial charge in [0.05, 0.1) is 6.61 Å². The van der Waals surface area contributed by atoms with Gasteiger partial charge in [0, 0.05) is 52.2 Å². The van der Waals surface area contributed by atoms with E-state index in [1.165, 1.54) is 0 Å². The molecule has 1 heterocycles. The summed E-state index contributed by atoms with van der Waals surface area (Å²) >= 11 is 19.1. The summed E-state index contributed by atoms with van der Waals surface area (Å²) in [4.78, 5) is 19.3. The summed E-state index contributed by atoms with van der Waals surface area (Å²) < 4.78 is 12.2. The second kappa shape index (κ2) is 14.9. The quantitative estimate of drug-likeness (QED) is 0.110. The second-order valence-corrected chi connectivity index (χ2v) is 11.7. The van der Waals surface area contributed by atoms with Crippen molar-refractivity contribution in [3.05, 3.63) is 134 Å². The maximum absolute atomic E-state index is 14.3. The number of aliphatic hydroxyl groups excluding tert-OH is 1. The van der Waals surface area contributed by atoms with Gasteiger partial charge in [-0.2, -0.15) is 0 Å². The molecular weight excluding hydrogens is 621 g/mol. The lowest BCUT2D eigenvalue weighted by Gasteiger charge is -2.31. The smallest absolute Gasteiger partial charge is 0.266 e. The lowest BCUT2D eigenvalue weighted by Crippen LogP contribution is -2.54. The number of carbonyl (C=O) groups is 1. The average Bonchev–Trinajstić information content (AvgIpc) is 3.40. The molecule has 0 saturated heterocycles. The predicted octanol–water partition coefficient (Wildman–Crippen LogP) is 6.77. The van der Waals surface area contributed by atoms with Gasteiger partial charge in [0.1, 0.15) is 5.75 Å². The highest BCUT2D eigenvalue weighted by Crippen LogP contribution is 2.45. The first-order chi connectivity index (χ1) is 21.4. The lowest BCUT2D eigenvalue weighted by atomic mass is 9.82. The number of amides is 1. The molecule has 0 spiro atoms. The number of hydrogen-bond acceptors (Lipinski definition) is 6. The molecule has 10 heteroatoms. The minimum Gasteiger partial charge on any atom is -0.494 e. The van der Waals surface area contributed by atoms with Crippen molar-refractivity contribution in [2.75, 3.05) is 19.8 Å². The van der Waals surface area contributed by atoms with Crippen LogP contribution in [0.25, 0.3) is 0 Å². The van der Waals surface area contributed by atoms with Gasteiger partial charge in [0.15, 0.2) is 11.6 Å². The number of aliphatic hydroxyl groups is 1. The number of ether oxygens (including phenoxy) is 2. The van der Waals surface area contributed by atoms with Crippen LogP contribution in [0.4, 0.5) is 0 Å². The zero-order valence-electron chi connectivity index (χ0n) is 23.8. The summed E-state index contributed by atoms with van der Waals surface area (Å²) in [7, 11) is 0. The van der Waals surface area contributed by atoms with E-state index in [1.807, 2.05) is 66.7 Å². The molecule has 0 fully saturated rings. The summed E-state index contributed by atoms with van der Waals surface area (Å²) in [6, 6.07) is 29.6. The van der Waals surface area contributed by atoms with Gasteiger partial charge < -0.3 is 14.6 Å². The number of benzene rings is 4. The molecule has 3 N–H and O–H groups in total. The summed E-state index contributed by atoms with van der Waals surface area (Å²) in [5.41, 5.74) is 7.74. The van der Waals surface area contributed by atoms with Gasteiger partial charge in [0.2, 0.25) is 5.90 Å². The van der Waals surface area contributed by atoms with Crippen molar-refractivity contribution in [1.29, 1.82) is 0 Å². The minimum absolute atomic E-state index is 0.0540. The van der Waals surface area contributed by atoms with Gasteiger partial charge >= 0.3 is 0 Å². The van der Waals surface area contributed by atoms with Crippen LogP contribution in [0.1, 0.15) is 34.8 Å². The largest absolute Gasteiger partial charge is 0.494 e. The van der Waals surface area contributed by atoms with Crippen molar-refractivity contribution in [2.45, 2.75) is 30.9 Å². The zero-order valence-corrected chi connectivity index (χ0v) is 26.1. The topological polar surface area (TPSA) is 92.2 Å². The Balaban J connectivity index is 1.48. The maximum Gasteiger partial charge on any atom is 0.266 e. The molecule has 1 aliphatic rings. The average molecular weight is 653 g/mol. The molecule has 1 aliphatic heterocycles. The van der Waals surface area contributed by atoms with Crippen LogP contribution in [0.15, 0.2) is 102 Å². The number of nitrogens with zero attached hydrogens (tertiary/aromatic N) is 1. The van der Waals surface area contributed by atoms with Gasteiger partial charge in [-0.15, -0.1) is 0 Å². The first-order valence-electron chi connectivity index (χ1n) is 14.3. The molecule has 0 radical (unpaired) electrons. The second-order valence-electron chi connectivity index (χ2n) is 10.4. The number of halogens is 3. The fourth-order valence-electron chi connectivity index (χ4n) is 5.03. The molecule has 228 valence electrons. The van der Waals surface area contributed by atoms with E-state index in [2.05, 4.69) is 10.9 Å². The third-order valence-corrected chi connectivity index (χ3v) is 8.02. The first-order valence-corrected chi connectivity index (χ1v) is 15.4. The number of rotatable bonds is 13. The van der Waals surface area contributed by atoms with Crippen molar-refractivity contribution < 1.29 is 19.4 Å². The van der Waals surface area contributed by atoms with E-state index < -0.39 is 11.6 Å². The molecule has 4 aromatic rings. The van der Waals surface area contributed by atoms with E-state index >= 15 is 0 Å². The number of hydrazine groups is 1. The third-order valence-electron chi connectivity index (χ3n) is 7.22. The van der Waals surface area contributed by atoms with Gasteiger partial charge in [-0.05, 0) is 66.1 Å². The third kappa shape index (κ3) is 7.73. The lowest BCUT2D eigenvalue weighted by molar-refractivity contribution is -0.130. The molecule has 2 atom stereocenters. The summed E-state index contributed by atoms with van der Waals surface area (Å²) in [5, 5.41) is 10.5. The number of nitrogens with one attached hydrogen (secondary N) is 2. The van der Waals surface area contributed by atoms with Gasteiger partial charge in [-0.25, -0.2) is 10.4 Å². The van der Waals surface area contributed by atoms with Crippen LogP contribution < -0.4 is 15.6 Å². The Morgan fingerprint density at radius 3 is 2.39 bits per heavy atom. The summed E-state index contributed by atoms with van der Waals surface area (Å²) in [6.07, 6.45) is 0.561. The predicted molar refractivity (Wildman–Crippen MR) is 175 cm³/mol. The van der Waals surface area contributed by atoms with E-state index in [9.17, 15) is 4.79 Å². The van der Waals surface area contributed by atoms with Crippen LogP contribution in [0.2, 0.25) is 15.1 Å². The minimum atomic E-state index is -1.42. The van der Waals surface area contributed by atoms with E-state index in [-0.39, 0.29) is 18.9 Å². The van der Waals surface area contributed by atoms with Crippen LogP contribution in [0, 0.1) is 0 Å². The molecular formula is C34H32Cl3N3O4. The van der Waals surface area contributed by atoms with Crippen molar-refractivity contribution in [1.82, 2.24) is 10.9 Å². The maximum atomic E-state index is 14.3. The molecule has 0 aromatic heterocycles. The Bertz CT molecular complexity index is 1600. The fraction of sp³-hybridized carbons (Fsp3) is 0.235. The molecule has 0 bridgehead atoms. The number of hydrogen-bond donors (Lipinski definition) is 3. The fourth-order valence-corrected chi connectivity index (χ4v) is 5.75. The zero-order chi connectivity index (χ0) is 30.9.